The van der Waals surface area contributed by atoms with Crippen LogP contribution in [-0.2, 0) is 7.05 Å². The van der Waals surface area contributed by atoms with Gasteiger partial charge in [0.05, 0.1) is 40.5 Å². The predicted octanol–water partition coefficient (Wildman–Crippen LogP) is 4.83. The summed E-state index contributed by atoms with van der Waals surface area (Å²) in [6.45, 7) is 5.15. The Morgan fingerprint density at radius 2 is 1.79 bits per heavy atom. The zero-order chi connectivity index (χ0) is 30.3. The van der Waals surface area contributed by atoms with Crippen molar-refractivity contribution in [1.29, 1.82) is 0 Å². The van der Waals surface area contributed by atoms with Gasteiger partial charge in [-0.05, 0) is 26.8 Å². The molecule has 0 spiro atoms. The molecule has 0 radical (unpaired) electrons. The second kappa shape index (κ2) is 11.2. The van der Waals surface area contributed by atoms with E-state index < -0.39 is 29.3 Å². The number of imidazole rings is 1. The molecule has 1 atom stereocenters. The van der Waals surface area contributed by atoms with Crippen molar-refractivity contribution in [3.63, 3.8) is 0 Å². The van der Waals surface area contributed by atoms with Crippen molar-refractivity contribution in [3.8, 4) is 17.2 Å². The Hall–Kier alpha value is -4.85. The number of benzene rings is 1. The van der Waals surface area contributed by atoms with Crippen molar-refractivity contribution < 1.29 is 18.0 Å². The van der Waals surface area contributed by atoms with Crippen molar-refractivity contribution in [3.05, 3.63) is 98.8 Å². The van der Waals surface area contributed by atoms with Gasteiger partial charge < -0.3 is 9.88 Å². The molecule has 0 bridgehead atoms. The minimum atomic E-state index is -3.01. The normalized spacial score (nSPS) is 12.1. The van der Waals surface area contributed by atoms with E-state index in [1.807, 2.05) is 6.92 Å². The highest BCUT2D eigenvalue weighted by Gasteiger charge is 2.24. The third kappa shape index (κ3) is 5.28. The number of carbonyl (C=O) groups is 1. The zero-order valence-corrected chi connectivity index (χ0v) is 23.4. The molecule has 216 valence electrons. The van der Waals surface area contributed by atoms with E-state index in [4.69, 9.17) is 11.6 Å². The summed E-state index contributed by atoms with van der Waals surface area (Å²) in [6.07, 6.45) is 5.89. The van der Waals surface area contributed by atoms with Crippen molar-refractivity contribution >= 4 is 23.2 Å². The maximum absolute atomic E-state index is 14.8. The van der Waals surface area contributed by atoms with Crippen LogP contribution in [0.5, 0.6) is 0 Å². The Kier molecular flexibility index (Phi) is 7.65. The van der Waals surface area contributed by atoms with Gasteiger partial charge in [0.2, 0.25) is 5.95 Å². The Morgan fingerprint density at radius 3 is 2.45 bits per heavy atom. The van der Waals surface area contributed by atoms with Crippen molar-refractivity contribution in [2.75, 3.05) is 5.32 Å². The maximum Gasteiger partial charge on any atom is 0.334 e. The molecule has 4 aromatic heterocycles. The van der Waals surface area contributed by atoms with Gasteiger partial charge in [-0.3, -0.25) is 14.5 Å². The van der Waals surface area contributed by atoms with Crippen molar-refractivity contribution in [2.24, 2.45) is 7.05 Å². The van der Waals surface area contributed by atoms with E-state index in [0.29, 0.717) is 11.4 Å². The third-order valence-electron chi connectivity index (χ3n) is 6.66. The number of carbonyl (C=O) groups excluding carboxylic acids is 1. The topological polar surface area (TPSA) is 125 Å². The molecule has 15 heteroatoms. The van der Waals surface area contributed by atoms with E-state index in [1.54, 1.807) is 43.4 Å². The van der Waals surface area contributed by atoms with Crippen LogP contribution in [0.15, 0.2) is 54.1 Å². The third-order valence-corrected chi connectivity index (χ3v) is 6.95. The van der Waals surface area contributed by atoms with Gasteiger partial charge in [0, 0.05) is 54.2 Å². The minimum absolute atomic E-state index is 0.191. The predicted molar refractivity (Wildman–Crippen MR) is 147 cm³/mol. The first-order valence-corrected chi connectivity index (χ1v) is 12.9. The quantitative estimate of drug-likeness (QED) is 0.285. The lowest BCUT2D eigenvalue weighted by Crippen LogP contribution is -2.22. The number of aryl methyl sites for hydroxylation is 3. The molecule has 1 N–H and O–H groups in total. The highest BCUT2D eigenvalue weighted by molar-refractivity contribution is 6.31. The molecule has 42 heavy (non-hydrogen) atoms. The first-order chi connectivity index (χ1) is 20.0. The molecule has 0 aliphatic heterocycles. The molecule has 0 aliphatic carbocycles. The number of aromatic nitrogens is 8. The second-order valence-corrected chi connectivity index (χ2v) is 9.83. The lowest BCUT2D eigenvalue weighted by atomic mass is 10.0. The summed E-state index contributed by atoms with van der Waals surface area (Å²) < 4.78 is 46.3. The van der Waals surface area contributed by atoms with Crippen molar-refractivity contribution in [1.82, 2.24) is 38.9 Å². The fraction of sp³-hybridized carbons (Fsp3) is 0.222. The summed E-state index contributed by atoms with van der Waals surface area (Å²) in [4.78, 5) is 42.4. The Labute approximate surface area is 241 Å². The number of halogens is 4. The first kappa shape index (κ1) is 28.7. The first-order valence-electron chi connectivity index (χ1n) is 12.5. The van der Waals surface area contributed by atoms with E-state index in [1.165, 1.54) is 22.3 Å². The molecule has 0 unspecified atom stereocenters. The Morgan fingerprint density at radius 1 is 1.02 bits per heavy atom. The molecule has 11 nitrogen and oxygen atoms in total. The van der Waals surface area contributed by atoms with Crippen LogP contribution in [0.1, 0.15) is 52.4 Å². The van der Waals surface area contributed by atoms with Gasteiger partial charge in [-0.25, -0.2) is 37.5 Å². The number of hydrogen-bond acceptors (Lipinski definition) is 7. The highest BCUT2D eigenvalue weighted by atomic mass is 35.5. The summed E-state index contributed by atoms with van der Waals surface area (Å²) in [7, 11) is 1.63. The Bertz CT molecular complexity index is 1880. The number of rotatable bonds is 7. The molecule has 5 rings (SSSR count). The smallest absolute Gasteiger partial charge is 0.318 e. The molecule has 0 aliphatic rings. The number of alkyl halides is 2. The summed E-state index contributed by atoms with van der Waals surface area (Å²) in [5, 5.41) is 6.61. The molecule has 0 fully saturated rings. The maximum atomic E-state index is 14.8. The SMILES string of the molecule is Cc1nc(-n2ccn(C)c2=O)ncc1[C@H](C)n1cc(NC(=O)c2nc(-c3c(C(F)F)ccc(Cl)c3F)cnc2C)cn1. The van der Waals surface area contributed by atoms with Crippen LogP contribution in [0.3, 0.4) is 0 Å². The molecule has 1 aromatic carbocycles. The monoisotopic (exact) mass is 597 g/mol. The largest absolute Gasteiger partial charge is 0.334 e. The summed E-state index contributed by atoms with van der Waals surface area (Å²) in [5.74, 6) is -1.55. The van der Waals surface area contributed by atoms with Crippen LogP contribution in [0.2, 0.25) is 5.02 Å². The average Bonchev–Trinajstić information content (AvgIpc) is 3.56. The van der Waals surface area contributed by atoms with E-state index in [9.17, 15) is 22.8 Å². The van der Waals surface area contributed by atoms with Crippen LogP contribution in [0.4, 0.5) is 18.9 Å². The molecule has 4 heterocycles. The van der Waals surface area contributed by atoms with Gasteiger partial charge >= 0.3 is 5.69 Å². The summed E-state index contributed by atoms with van der Waals surface area (Å²) >= 11 is 5.83. The van der Waals surface area contributed by atoms with Crippen LogP contribution < -0.4 is 11.0 Å². The van der Waals surface area contributed by atoms with Gasteiger partial charge in [-0.2, -0.15) is 5.10 Å². The Balaban J connectivity index is 1.38. The second-order valence-electron chi connectivity index (χ2n) is 9.43. The van der Waals surface area contributed by atoms with E-state index in [2.05, 4.69) is 30.4 Å². The number of nitrogens with one attached hydrogen (secondary N) is 1. The van der Waals surface area contributed by atoms with E-state index in [-0.39, 0.29) is 39.8 Å². The molecular weight excluding hydrogens is 575 g/mol. The molecule has 0 saturated carbocycles. The average molecular weight is 598 g/mol. The number of amides is 1. The highest BCUT2D eigenvalue weighted by Crippen LogP contribution is 2.35. The van der Waals surface area contributed by atoms with Crippen LogP contribution in [0, 0.1) is 19.7 Å². The van der Waals surface area contributed by atoms with Crippen LogP contribution in [0.25, 0.3) is 17.2 Å². The fourth-order valence-corrected chi connectivity index (χ4v) is 4.50. The lowest BCUT2D eigenvalue weighted by Gasteiger charge is -2.15. The van der Waals surface area contributed by atoms with E-state index in [0.717, 1.165) is 23.9 Å². The van der Waals surface area contributed by atoms with E-state index >= 15 is 0 Å². The molecule has 0 saturated heterocycles. The number of hydrogen-bond donors (Lipinski definition) is 1. The van der Waals surface area contributed by atoms with Crippen LogP contribution in [-0.4, -0.2) is 44.8 Å². The minimum Gasteiger partial charge on any atom is -0.318 e. The van der Waals surface area contributed by atoms with Gasteiger partial charge in [0.15, 0.2) is 5.82 Å². The molecule has 5 aromatic rings. The zero-order valence-electron chi connectivity index (χ0n) is 22.7. The van der Waals surface area contributed by atoms with Gasteiger partial charge in [-0.1, -0.05) is 17.7 Å². The van der Waals surface area contributed by atoms with Crippen LogP contribution >= 0.6 is 11.6 Å². The summed E-state index contributed by atoms with van der Waals surface area (Å²) in [6, 6.07) is 1.69. The van der Waals surface area contributed by atoms with Gasteiger partial charge in [0.1, 0.15) is 5.69 Å². The molecule has 1 amide bonds. The fourth-order valence-electron chi connectivity index (χ4n) is 4.35. The lowest BCUT2D eigenvalue weighted by molar-refractivity contribution is 0.102. The summed E-state index contributed by atoms with van der Waals surface area (Å²) in [5.41, 5.74) is -0.0115. The van der Waals surface area contributed by atoms with Gasteiger partial charge in [0.25, 0.3) is 12.3 Å². The number of anilines is 1. The van der Waals surface area contributed by atoms with Crippen molar-refractivity contribution in [2.45, 2.75) is 33.2 Å². The van der Waals surface area contributed by atoms with Gasteiger partial charge in [-0.15, -0.1) is 0 Å². The number of nitrogens with zero attached hydrogens (tertiary/aromatic N) is 8. The molecular formula is C27H23ClF3N9O2. The standard InChI is InChI=1S/C27H23ClF3N9O2/c1-13-18(10-33-26(35-13)39-8-7-38(4)27(39)42)15(3)40-12-16(9-34-40)36-25(41)23-14(2)32-11-20(37-23)21-17(24(30)31)5-6-19(28)22(21)29/h5-12,15,24H,1-4H3,(H,36,41)/t15-/m0/s1.